The fraction of sp³-hybridized carbons (Fsp3) is 0.586. The third-order valence-electron chi connectivity index (χ3n) is 13.0. The number of carbonyl (C=O) groups is 2. The maximum absolute atomic E-state index is 13.1. The molecule has 370 valence electrons. The molecule has 0 saturated carbocycles. The monoisotopic (exact) mass is 933 g/mol. The molecule has 10 nitrogen and oxygen atoms in total. The van der Waals surface area contributed by atoms with E-state index in [9.17, 15) is 19.2 Å². The van der Waals surface area contributed by atoms with Crippen LogP contribution in [0, 0.1) is 0 Å². The molecular weight excluding hydrogens is 853 g/mol. The average molecular weight is 933 g/mol. The van der Waals surface area contributed by atoms with Crippen molar-refractivity contribution in [3.63, 3.8) is 0 Å². The highest BCUT2D eigenvalue weighted by atomic mass is 16.5. The average Bonchev–Trinajstić information content (AvgIpc) is 3.34. The third kappa shape index (κ3) is 19.8. The lowest BCUT2D eigenvalue weighted by Crippen LogP contribution is -2.09. The van der Waals surface area contributed by atoms with Gasteiger partial charge >= 0.3 is 23.2 Å². The second-order valence-corrected chi connectivity index (χ2v) is 18.9. The minimum absolute atomic E-state index is 0.113. The van der Waals surface area contributed by atoms with Crippen molar-refractivity contribution >= 4 is 33.7 Å². The predicted molar refractivity (Wildman–Crippen MR) is 275 cm³/mol. The van der Waals surface area contributed by atoms with Crippen LogP contribution in [-0.4, -0.2) is 21.9 Å². The van der Waals surface area contributed by atoms with Crippen molar-refractivity contribution in [2.75, 3.05) is 0 Å². The highest BCUT2D eigenvalue weighted by Crippen LogP contribution is 2.27. The number of carbonyl (C=O) groups excluding carboxylic acids is 2. The Morgan fingerprint density at radius 1 is 0.397 bits per heavy atom. The summed E-state index contributed by atoms with van der Waals surface area (Å²) in [4.78, 5) is 60.5. The number of rotatable bonds is 36. The minimum atomic E-state index is -0.605. The number of hydrogen-bond donors (Lipinski definition) is 0. The van der Waals surface area contributed by atoms with Crippen LogP contribution in [0.1, 0.15) is 219 Å². The Balaban J connectivity index is 0.992. The molecule has 0 radical (unpaired) electrons. The number of esters is 2. The summed E-state index contributed by atoms with van der Waals surface area (Å²) in [7, 11) is 0. The molecule has 3 aromatic carbocycles. The van der Waals surface area contributed by atoms with Crippen molar-refractivity contribution in [1.82, 2.24) is 9.97 Å². The standard InChI is InChI=1S/C58H80N2O8/c1-3-5-7-9-11-13-15-17-19-21-23-25-27-29-31-33-53(61)65-47-39-41-51-49(43-47)57(63)67-55(59-51)45-35-37-46(38-36-45)56-60-52-42-40-48(44-50(52)58(64)68-56)66-54(62)34-32-30-28-26-24-22-20-18-16-14-12-10-8-6-4-2/h35-44H,3-34H2,1-2H3. The number of aromatic nitrogens is 2. The second-order valence-electron chi connectivity index (χ2n) is 18.9. The Morgan fingerprint density at radius 3 is 0.971 bits per heavy atom. The number of nitrogens with zero attached hydrogens (tertiary/aromatic N) is 2. The summed E-state index contributed by atoms with van der Waals surface area (Å²) in [5.41, 5.74) is 0.661. The molecular formula is C58H80N2O8. The number of unbranched alkanes of at least 4 members (excludes halogenated alkanes) is 28. The molecule has 0 fully saturated rings. The van der Waals surface area contributed by atoms with Crippen molar-refractivity contribution in [2.45, 2.75) is 219 Å². The van der Waals surface area contributed by atoms with Crippen molar-refractivity contribution in [3.05, 3.63) is 81.5 Å². The summed E-state index contributed by atoms with van der Waals surface area (Å²) in [6, 6.07) is 16.3. The largest absolute Gasteiger partial charge is 0.427 e. The van der Waals surface area contributed by atoms with Crippen LogP contribution in [0.2, 0.25) is 0 Å². The van der Waals surface area contributed by atoms with Crippen LogP contribution in [0.15, 0.2) is 79.1 Å². The molecule has 5 aromatic rings. The molecule has 0 spiro atoms. The van der Waals surface area contributed by atoms with Crippen LogP contribution in [0.25, 0.3) is 44.7 Å². The summed E-state index contributed by atoms with van der Waals surface area (Å²) in [6.07, 6.45) is 38.5. The molecule has 2 heterocycles. The van der Waals surface area contributed by atoms with E-state index >= 15 is 0 Å². The molecule has 0 atom stereocenters. The van der Waals surface area contributed by atoms with Gasteiger partial charge in [0.15, 0.2) is 0 Å². The van der Waals surface area contributed by atoms with E-state index in [2.05, 4.69) is 23.8 Å². The Hall–Kier alpha value is -5.12. The minimum Gasteiger partial charge on any atom is -0.427 e. The topological polar surface area (TPSA) is 139 Å². The van der Waals surface area contributed by atoms with E-state index in [1.165, 1.54) is 166 Å². The van der Waals surface area contributed by atoms with Gasteiger partial charge in [-0.25, -0.2) is 19.6 Å². The fourth-order valence-electron chi connectivity index (χ4n) is 8.88. The molecule has 68 heavy (non-hydrogen) atoms. The van der Waals surface area contributed by atoms with Gasteiger partial charge in [-0.1, -0.05) is 194 Å². The highest BCUT2D eigenvalue weighted by molar-refractivity contribution is 5.83. The molecule has 2 aromatic heterocycles. The lowest BCUT2D eigenvalue weighted by atomic mass is 10.0. The number of hydrogen-bond acceptors (Lipinski definition) is 10. The lowest BCUT2D eigenvalue weighted by Gasteiger charge is -2.07. The summed E-state index contributed by atoms with van der Waals surface area (Å²) < 4.78 is 22.3. The normalized spacial score (nSPS) is 11.4. The quantitative estimate of drug-likeness (QED) is 0.0217. The zero-order chi connectivity index (χ0) is 48.0. The van der Waals surface area contributed by atoms with E-state index in [1.807, 2.05) is 0 Å². The van der Waals surface area contributed by atoms with Gasteiger partial charge in [0.2, 0.25) is 11.8 Å². The Morgan fingerprint density at radius 2 is 0.676 bits per heavy atom. The van der Waals surface area contributed by atoms with Crippen molar-refractivity contribution in [2.24, 2.45) is 0 Å². The molecule has 0 amide bonds. The molecule has 0 bridgehead atoms. The summed E-state index contributed by atoms with van der Waals surface area (Å²) in [5, 5.41) is 0.422. The smallest absolute Gasteiger partial charge is 0.347 e. The second kappa shape index (κ2) is 31.8. The highest BCUT2D eigenvalue weighted by Gasteiger charge is 2.15. The van der Waals surface area contributed by atoms with Crippen LogP contribution < -0.4 is 20.7 Å². The number of ether oxygens (including phenoxy) is 2. The van der Waals surface area contributed by atoms with E-state index in [1.54, 1.807) is 48.5 Å². The maximum atomic E-state index is 13.1. The van der Waals surface area contributed by atoms with Crippen LogP contribution in [0.5, 0.6) is 11.5 Å². The van der Waals surface area contributed by atoms with Crippen molar-refractivity contribution in [3.8, 4) is 34.4 Å². The first-order valence-corrected chi connectivity index (χ1v) is 26.8. The van der Waals surface area contributed by atoms with Gasteiger partial charge in [-0.2, -0.15) is 0 Å². The Bertz CT molecular complexity index is 2190. The van der Waals surface area contributed by atoms with E-state index in [4.69, 9.17) is 18.3 Å². The SMILES string of the molecule is CCCCCCCCCCCCCCCCCC(=O)Oc1ccc2nc(-c3ccc(-c4nc5ccc(OC(=O)CCCCCCCCCCCCCCCCC)cc5c(=O)o4)cc3)oc(=O)c2c1. The zero-order valence-electron chi connectivity index (χ0n) is 41.6. The summed E-state index contributed by atoms with van der Waals surface area (Å²) in [5.74, 6) is 0.138. The van der Waals surface area contributed by atoms with Crippen LogP contribution in [-0.2, 0) is 9.59 Å². The number of fused-ring (bicyclic) bond motifs is 2. The fourth-order valence-corrected chi connectivity index (χ4v) is 8.88. The van der Waals surface area contributed by atoms with Gasteiger partial charge in [-0.15, -0.1) is 0 Å². The molecule has 0 saturated heterocycles. The molecule has 0 aliphatic carbocycles. The van der Waals surface area contributed by atoms with Crippen LogP contribution in [0.4, 0.5) is 0 Å². The van der Waals surface area contributed by atoms with E-state index < -0.39 is 11.3 Å². The molecule has 0 aliphatic rings. The van der Waals surface area contributed by atoms with Gasteiger partial charge in [0, 0.05) is 24.0 Å². The molecule has 10 heteroatoms. The lowest BCUT2D eigenvalue weighted by molar-refractivity contribution is -0.135. The molecule has 5 rings (SSSR count). The van der Waals surface area contributed by atoms with Gasteiger partial charge in [-0.05, 0) is 73.5 Å². The van der Waals surface area contributed by atoms with E-state index in [0.29, 0.717) is 35.0 Å². The van der Waals surface area contributed by atoms with Crippen molar-refractivity contribution < 1.29 is 27.9 Å². The molecule has 0 N–H and O–H groups in total. The zero-order valence-corrected chi connectivity index (χ0v) is 41.6. The van der Waals surface area contributed by atoms with Gasteiger partial charge in [-0.3, -0.25) is 9.59 Å². The van der Waals surface area contributed by atoms with Crippen molar-refractivity contribution in [1.29, 1.82) is 0 Å². The van der Waals surface area contributed by atoms with E-state index in [0.717, 1.165) is 38.5 Å². The van der Waals surface area contributed by atoms with Gasteiger partial charge in [0.1, 0.15) is 11.5 Å². The maximum Gasteiger partial charge on any atom is 0.347 e. The first kappa shape index (κ1) is 53.8. The van der Waals surface area contributed by atoms with Crippen LogP contribution in [0.3, 0.4) is 0 Å². The summed E-state index contributed by atoms with van der Waals surface area (Å²) in [6.45, 7) is 4.52. The molecule has 0 aliphatic heterocycles. The molecule has 0 unspecified atom stereocenters. The van der Waals surface area contributed by atoms with Gasteiger partial charge in [0.25, 0.3) is 0 Å². The van der Waals surface area contributed by atoms with Crippen LogP contribution >= 0.6 is 0 Å². The number of benzene rings is 3. The first-order chi connectivity index (χ1) is 33.3. The predicted octanol–water partition coefficient (Wildman–Crippen LogP) is 16.4. The first-order valence-electron chi connectivity index (χ1n) is 26.8. The Kier molecular flexibility index (Phi) is 25.2. The third-order valence-corrected chi connectivity index (χ3v) is 13.0. The van der Waals surface area contributed by atoms with Gasteiger partial charge < -0.3 is 18.3 Å². The van der Waals surface area contributed by atoms with Gasteiger partial charge in [0.05, 0.1) is 21.8 Å². The summed E-state index contributed by atoms with van der Waals surface area (Å²) >= 11 is 0. The van der Waals surface area contributed by atoms with E-state index in [-0.39, 0.29) is 46.0 Å². The Labute approximate surface area is 405 Å².